The predicted octanol–water partition coefficient (Wildman–Crippen LogP) is 2.61. The molecular formula is C10H10BrFO2. The van der Waals surface area contributed by atoms with Gasteiger partial charge in [-0.3, -0.25) is 4.79 Å². The van der Waals surface area contributed by atoms with Crippen molar-refractivity contribution in [3.8, 4) is 0 Å². The second-order valence-electron chi connectivity index (χ2n) is 2.92. The summed E-state index contributed by atoms with van der Waals surface area (Å²) >= 11 is 3.11. The lowest BCUT2D eigenvalue weighted by atomic mass is 10.1. The van der Waals surface area contributed by atoms with E-state index in [2.05, 4.69) is 20.7 Å². The molecule has 0 aliphatic carbocycles. The lowest BCUT2D eigenvalue weighted by molar-refractivity contribution is -0.139. The molecule has 0 fully saturated rings. The molecule has 0 bridgehead atoms. The molecule has 76 valence electrons. The quantitative estimate of drug-likeness (QED) is 0.765. The van der Waals surface area contributed by atoms with Gasteiger partial charge in [-0.2, -0.15) is 0 Å². The van der Waals surface area contributed by atoms with E-state index >= 15 is 0 Å². The first kappa shape index (κ1) is 11.2. The number of methoxy groups -OCH3 is 1. The molecule has 2 nitrogen and oxygen atoms in total. The summed E-state index contributed by atoms with van der Waals surface area (Å²) in [6, 6.07) is 3.35. The summed E-state index contributed by atoms with van der Waals surface area (Å²) in [5, 5.41) is 0. The molecule has 0 heterocycles. The van der Waals surface area contributed by atoms with Crippen molar-refractivity contribution in [1.29, 1.82) is 0 Å². The van der Waals surface area contributed by atoms with Crippen molar-refractivity contribution >= 4 is 21.9 Å². The molecule has 0 saturated heterocycles. The first-order valence-electron chi connectivity index (χ1n) is 4.06. The summed E-state index contributed by atoms with van der Waals surface area (Å²) in [6.07, 6.45) is 0.0777. The number of esters is 1. The van der Waals surface area contributed by atoms with Crippen LogP contribution in [0.25, 0.3) is 0 Å². The number of hydrogen-bond donors (Lipinski definition) is 0. The van der Waals surface area contributed by atoms with Gasteiger partial charge in [0.15, 0.2) is 0 Å². The predicted molar refractivity (Wildman–Crippen MR) is 54.6 cm³/mol. The van der Waals surface area contributed by atoms with Crippen LogP contribution in [-0.2, 0) is 16.0 Å². The topological polar surface area (TPSA) is 26.3 Å². The first-order valence-corrected chi connectivity index (χ1v) is 4.86. The fraction of sp³-hybridized carbons (Fsp3) is 0.300. The van der Waals surface area contributed by atoms with Crippen LogP contribution < -0.4 is 0 Å². The second-order valence-corrected chi connectivity index (χ2v) is 3.72. The van der Waals surface area contributed by atoms with Gasteiger partial charge in [0.05, 0.1) is 18.0 Å². The summed E-state index contributed by atoms with van der Waals surface area (Å²) in [7, 11) is 1.31. The van der Waals surface area contributed by atoms with Gasteiger partial charge in [0.25, 0.3) is 0 Å². The van der Waals surface area contributed by atoms with Crippen LogP contribution in [0.1, 0.15) is 11.1 Å². The van der Waals surface area contributed by atoms with Crippen molar-refractivity contribution in [2.24, 2.45) is 0 Å². The zero-order chi connectivity index (χ0) is 10.7. The molecule has 0 unspecified atom stereocenters. The van der Waals surface area contributed by atoms with E-state index < -0.39 is 0 Å². The molecule has 1 rings (SSSR count). The van der Waals surface area contributed by atoms with Gasteiger partial charge >= 0.3 is 5.97 Å². The van der Waals surface area contributed by atoms with Gasteiger partial charge in [0, 0.05) is 0 Å². The minimum Gasteiger partial charge on any atom is -0.469 e. The van der Waals surface area contributed by atoms with E-state index in [9.17, 15) is 9.18 Å². The van der Waals surface area contributed by atoms with E-state index in [-0.39, 0.29) is 18.2 Å². The Balaban J connectivity index is 3.00. The number of ether oxygens (including phenoxy) is 1. The van der Waals surface area contributed by atoms with Gasteiger partial charge in [0.2, 0.25) is 0 Å². The fourth-order valence-electron chi connectivity index (χ4n) is 1.05. The second kappa shape index (κ2) is 4.55. The molecule has 4 heteroatoms. The zero-order valence-electron chi connectivity index (χ0n) is 7.93. The average molecular weight is 261 g/mol. The van der Waals surface area contributed by atoms with Crippen LogP contribution in [0.5, 0.6) is 0 Å². The number of benzene rings is 1. The van der Waals surface area contributed by atoms with Gasteiger partial charge < -0.3 is 4.74 Å². The van der Waals surface area contributed by atoms with Crippen LogP contribution in [0.2, 0.25) is 0 Å². The van der Waals surface area contributed by atoms with Crippen molar-refractivity contribution in [3.05, 3.63) is 33.5 Å². The molecule has 0 saturated carbocycles. The largest absolute Gasteiger partial charge is 0.469 e. The zero-order valence-corrected chi connectivity index (χ0v) is 9.52. The van der Waals surface area contributed by atoms with Gasteiger partial charge in [0.1, 0.15) is 5.82 Å². The number of rotatable bonds is 2. The Hall–Kier alpha value is -0.900. The Morgan fingerprint density at radius 3 is 2.79 bits per heavy atom. The average Bonchev–Trinajstić information content (AvgIpc) is 2.19. The Bertz CT molecular complexity index is 363. The maximum Gasteiger partial charge on any atom is 0.310 e. The Labute approximate surface area is 90.2 Å². The Morgan fingerprint density at radius 1 is 1.57 bits per heavy atom. The Kier molecular flexibility index (Phi) is 3.63. The summed E-state index contributed by atoms with van der Waals surface area (Å²) < 4.78 is 18.2. The number of aryl methyl sites for hydroxylation is 1. The van der Waals surface area contributed by atoms with Crippen molar-refractivity contribution < 1.29 is 13.9 Å². The van der Waals surface area contributed by atoms with E-state index in [1.54, 1.807) is 19.1 Å². The third-order valence-electron chi connectivity index (χ3n) is 1.92. The third-order valence-corrected chi connectivity index (χ3v) is 2.78. The van der Waals surface area contributed by atoms with E-state index in [1.165, 1.54) is 7.11 Å². The highest BCUT2D eigenvalue weighted by atomic mass is 79.9. The molecule has 14 heavy (non-hydrogen) atoms. The summed E-state index contributed by atoms with van der Waals surface area (Å²) in [4.78, 5) is 11.0. The van der Waals surface area contributed by atoms with Crippen LogP contribution in [0.4, 0.5) is 4.39 Å². The number of halogens is 2. The number of hydrogen-bond acceptors (Lipinski definition) is 2. The maximum absolute atomic E-state index is 13.3. The van der Waals surface area contributed by atoms with Crippen LogP contribution >= 0.6 is 15.9 Å². The highest BCUT2D eigenvalue weighted by Crippen LogP contribution is 2.23. The lowest BCUT2D eigenvalue weighted by Gasteiger charge is -2.05. The van der Waals surface area contributed by atoms with Crippen molar-refractivity contribution in [1.82, 2.24) is 0 Å². The molecule has 0 aliphatic heterocycles. The highest BCUT2D eigenvalue weighted by Gasteiger charge is 2.11. The van der Waals surface area contributed by atoms with Gasteiger partial charge in [-0.05, 0) is 34.0 Å². The molecule has 0 aliphatic rings. The Morgan fingerprint density at radius 2 is 2.21 bits per heavy atom. The molecule has 0 aromatic heterocycles. The van der Waals surface area contributed by atoms with Gasteiger partial charge in [-0.1, -0.05) is 12.1 Å². The van der Waals surface area contributed by atoms with Crippen molar-refractivity contribution in [3.63, 3.8) is 0 Å². The van der Waals surface area contributed by atoms with Crippen LogP contribution in [0.15, 0.2) is 16.6 Å². The maximum atomic E-state index is 13.3. The van der Waals surface area contributed by atoms with Crippen LogP contribution in [0.3, 0.4) is 0 Å². The molecular weight excluding hydrogens is 251 g/mol. The molecule has 0 amide bonds. The molecule has 0 radical (unpaired) electrons. The summed E-state index contributed by atoms with van der Waals surface area (Å²) in [5.74, 6) is -0.708. The van der Waals surface area contributed by atoms with E-state index in [1.807, 2.05) is 0 Å². The fourth-order valence-corrected chi connectivity index (χ4v) is 1.64. The van der Waals surface area contributed by atoms with Crippen LogP contribution in [-0.4, -0.2) is 13.1 Å². The van der Waals surface area contributed by atoms with Gasteiger partial charge in [-0.25, -0.2) is 4.39 Å². The first-order chi connectivity index (χ1) is 6.56. The SMILES string of the molecule is COC(=O)Cc1ccc(C)c(F)c1Br. The molecule has 0 N–H and O–H groups in total. The van der Waals surface area contributed by atoms with Crippen molar-refractivity contribution in [2.75, 3.05) is 7.11 Å². The molecule has 1 aromatic rings. The lowest BCUT2D eigenvalue weighted by Crippen LogP contribution is -2.06. The molecule has 1 aromatic carbocycles. The summed E-state index contributed by atoms with van der Waals surface area (Å²) in [5.41, 5.74) is 1.14. The minimum absolute atomic E-state index is 0.0777. The van der Waals surface area contributed by atoms with E-state index in [4.69, 9.17) is 0 Å². The van der Waals surface area contributed by atoms with Gasteiger partial charge in [-0.15, -0.1) is 0 Å². The molecule has 0 spiro atoms. The third kappa shape index (κ3) is 2.32. The highest BCUT2D eigenvalue weighted by molar-refractivity contribution is 9.10. The minimum atomic E-state index is -0.381. The number of carbonyl (C=O) groups excluding carboxylic acids is 1. The normalized spacial score (nSPS) is 10.0. The van der Waals surface area contributed by atoms with Crippen molar-refractivity contribution in [2.45, 2.75) is 13.3 Å². The van der Waals surface area contributed by atoms with E-state index in [0.29, 0.717) is 15.6 Å². The number of carbonyl (C=O) groups is 1. The van der Waals surface area contributed by atoms with Crippen LogP contribution in [0, 0.1) is 12.7 Å². The monoisotopic (exact) mass is 260 g/mol. The summed E-state index contributed by atoms with van der Waals surface area (Å²) in [6.45, 7) is 1.67. The molecule has 0 atom stereocenters. The van der Waals surface area contributed by atoms with E-state index in [0.717, 1.165) is 0 Å². The standard InChI is InChI=1S/C10H10BrFO2/c1-6-3-4-7(5-8(13)14-2)9(11)10(6)12/h3-4H,5H2,1-2H3. The smallest absolute Gasteiger partial charge is 0.310 e.